The van der Waals surface area contributed by atoms with Crippen LogP contribution in [0.2, 0.25) is 0 Å². The molecule has 3 amide bonds. The standard InChI is InChI=1S/C22H30N4O2/c1-3-26(4-2)20(19-13-9-6-10-14-19)16-23-21(27)17-25-22(28)24-15-18-11-7-5-8-12-18/h5-14,20H,3-4,15-17H2,1-2H3,(H,23,27)(H2,24,25,28). The van der Waals surface area contributed by atoms with Crippen molar-refractivity contribution in [2.24, 2.45) is 0 Å². The van der Waals surface area contributed by atoms with Crippen LogP contribution in [-0.4, -0.2) is 43.0 Å². The van der Waals surface area contributed by atoms with Crippen molar-refractivity contribution in [1.82, 2.24) is 20.9 Å². The van der Waals surface area contributed by atoms with Crippen LogP contribution >= 0.6 is 0 Å². The zero-order chi connectivity index (χ0) is 20.2. The number of hydrogen-bond donors (Lipinski definition) is 3. The molecule has 2 aromatic carbocycles. The maximum absolute atomic E-state index is 12.2. The third-order valence-corrected chi connectivity index (χ3v) is 4.64. The number of carbonyl (C=O) groups excluding carboxylic acids is 2. The minimum Gasteiger partial charge on any atom is -0.353 e. The molecule has 1 unspecified atom stereocenters. The molecule has 2 rings (SSSR count). The summed E-state index contributed by atoms with van der Waals surface area (Å²) in [6, 6.07) is 19.5. The largest absolute Gasteiger partial charge is 0.353 e. The molecule has 0 saturated heterocycles. The molecule has 6 heteroatoms. The number of benzene rings is 2. The highest BCUT2D eigenvalue weighted by Crippen LogP contribution is 2.19. The van der Waals surface area contributed by atoms with Gasteiger partial charge in [-0.3, -0.25) is 9.69 Å². The smallest absolute Gasteiger partial charge is 0.315 e. The topological polar surface area (TPSA) is 73.5 Å². The van der Waals surface area contributed by atoms with Crippen LogP contribution in [0.15, 0.2) is 60.7 Å². The average molecular weight is 383 g/mol. The van der Waals surface area contributed by atoms with Crippen molar-refractivity contribution in [2.75, 3.05) is 26.2 Å². The van der Waals surface area contributed by atoms with Crippen LogP contribution in [-0.2, 0) is 11.3 Å². The second-order valence-corrected chi connectivity index (χ2v) is 6.47. The molecule has 0 spiro atoms. The van der Waals surface area contributed by atoms with Crippen LogP contribution < -0.4 is 16.0 Å². The number of nitrogens with zero attached hydrogens (tertiary/aromatic N) is 1. The first-order chi connectivity index (χ1) is 13.6. The zero-order valence-corrected chi connectivity index (χ0v) is 16.7. The van der Waals surface area contributed by atoms with Crippen molar-refractivity contribution in [2.45, 2.75) is 26.4 Å². The number of amides is 3. The molecule has 1 atom stereocenters. The van der Waals surface area contributed by atoms with Crippen LogP contribution in [0.3, 0.4) is 0 Å². The van der Waals surface area contributed by atoms with Crippen molar-refractivity contribution in [3.05, 3.63) is 71.8 Å². The van der Waals surface area contributed by atoms with Crippen LogP contribution in [0.4, 0.5) is 4.79 Å². The first-order valence-corrected chi connectivity index (χ1v) is 9.75. The average Bonchev–Trinajstić information content (AvgIpc) is 2.75. The van der Waals surface area contributed by atoms with Gasteiger partial charge in [-0.05, 0) is 24.2 Å². The summed E-state index contributed by atoms with van der Waals surface area (Å²) < 4.78 is 0. The highest BCUT2D eigenvalue weighted by Gasteiger charge is 2.18. The predicted octanol–water partition coefficient (Wildman–Crippen LogP) is 2.69. The van der Waals surface area contributed by atoms with Gasteiger partial charge in [0.05, 0.1) is 12.6 Å². The Morgan fingerprint density at radius 2 is 1.46 bits per heavy atom. The Balaban J connectivity index is 1.78. The Hall–Kier alpha value is -2.86. The first-order valence-electron chi connectivity index (χ1n) is 9.75. The highest BCUT2D eigenvalue weighted by atomic mass is 16.2. The van der Waals surface area contributed by atoms with Crippen molar-refractivity contribution in [1.29, 1.82) is 0 Å². The number of likely N-dealkylation sites (N-methyl/N-ethyl adjacent to an activating group) is 1. The quantitative estimate of drug-likeness (QED) is 0.591. The van der Waals surface area contributed by atoms with Gasteiger partial charge in [-0.2, -0.15) is 0 Å². The molecule has 3 N–H and O–H groups in total. The Bertz CT molecular complexity index is 718. The minimum atomic E-state index is -0.359. The molecule has 0 saturated carbocycles. The lowest BCUT2D eigenvalue weighted by Crippen LogP contribution is -2.44. The van der Waals surface area contributed by atoms with Crippen molar-refractivity contribution in [3.63, 3.8) is 0 Å². The summed E-state index contributed by atoms with van der Waals surface area (Å²) in [4.78, 5) is 26.4. The molecule has 0 radical (unpaired) electrons. The predicted molar refractivity (Wildman–Crippen MR) is 112 cm³/mol. The van der Waals surface area contributed by atoms with Crippen LogP contribution in [0.25, 0.3) is 0 Å². The van der Waals surface area contributed by atoms with Crippen LogP contribution in [0.5, 0.6) is 0 Å². The van der Waals surface area contributed by atoms with Gasteiger partial charge in [-0.25, -0.2) is 4.79 Å². The Morgan fingerprint density at radius 1 is 0.857 bits per heavy atom. The lowest BCUT2D eigenvalue weighted by Gasteiger charge is -2.30. The van der Waals surface area contributed by atoms with E-state index in [0.717, 1.165) is 18.7 Å². The summed E-state index contributed by atoms with van der Waals surface area (Å²) in [5.41, 5.74) is 2.17. The third-order valence-electron chi connectivity index (χ3n) is 4.64. The van der Waals surface area contributed by atoms with E-state index in [-0.39, 0.29) is 24.5 Å². The fourth-order valence-corrected chi connectivity index (χ4v) is 3.07. The van der Waals surface area contributed by atoms with E-state index in [9.17, 15) is 9.59 Å². The van der Waals surface area contributed by atoms with Crippen LogP contribution in [0, 0.1) is 0 Å². The molecule has 28 heavy (non-hydrogen) atoms. The van der Waals surface area contributed by atoms with Gasteiger partial charge in [0.1, 0.15) is 0 Å². The fourth-order valence-electron chi connectivity index (χ4n) is 3.07. The van der Waals surface area contributed by atoms with Crippen molar-refractivity contribution < 1.29 is 9.59 Å². The number of rotatable bonds is 10. The Morgan fingerprint density at radius 3 is 2.07 bits per heavy atom. The Labute approximate surface area is 167 Å². The van der Waals surface area contributed by atoms with Gasteiger partial charge in [0.25, 0.3) is 0 Å². The molecule has 0 heterocycles. The van der Waals surface area contributed by atoms with E-state index in [0.29, 0.717) is 13.1 Å². The summed E-state index contributed by atoms with van der Waals surface area (Å²) >= 11 is 0. The molecule has 0 aliphatic carbocycles. The van der Waals surface area contributed by atoms with E-state index >= 15 is 0 Å². The normalized spacial score (nSPS) is 11.7. The summed E-state index contributed by atoms with van der Waals surface area (Å²) in [5, 5.41) is 8.28. The first kappa shape index (κ1) is 21.4. The maximum Gasteiger partial charge on any atom is 0.315 e. The van der Waals surface area contributed by atoms with Gasteiger partial charge >= 0.3 is 6.03 Å². The van der Waals surface area contributed by atoms with Gasteiger partial charge in [0.15, 0.2) is 0 Å². The number of hydrogen-bond acceptors (Lipinski definition) is 3. The van der Waals surface area contributed by atoms with Crippen molar-refractivity contribution in [3.8, 4) is 0 Å². The van der Waals surface area contributed by atoms with Crippen LogP contribution in [0.1, 0.15) is 31.0 Å². The van der Waals surface area contributed by atoms with E-state index in [2.05, 4.69) is 46.8 Å². The minimum absolute atomic E-state index is 0.0552. The van der Waals surface area contributed by atoms with Gasteiger partial charge in [-0.15, -0.1) is 0 Å². The van der Waals surface area contributed by atoms with Gasteiger partial charge in [-0.1, -0.05) is 74.5 Å². The molecule has 0 aliphatic rings. The van der Waals surface area contributed by atoms with E-state index < -0.39 is 0 Å². The van der Waals surface area contributed by atoms with E-state index in [1.807, 2.05) is 48.5 Å². The second kappa shape index (κ2) is 11.8. The maximum atomic E-state index is 12.2. The zero-order valence-electron chi connectivity index (χ0n) is 16.7. The molecule has 0 aliphatic heterocycles. The van der Waals surface area contributed by atoms with E-state index in [1.54, 1.807) is 0 Å². The summed E-state index contributed by atoms with van der Waals surface area (Å²) in [7, 11) is 0. The number of carbonyl (C=O) groups is 2. The summed E-state index contributed by atoms with van der Waals surface area (Å²) in [5.74, 6) is -0.206. The summed E-state index contributed by atoms with van der Waals surface area (Å²) in [6.07, 6.45) is 0. The molecule has 6 nitrogen and oxygen atoms in total. The fraction of sp³-hybridized carbons (Fsp3) is 0.364. The van der Waals surface area contributed by atoms with Crippen molar-refractivity contribution >= 4 is 11.9 Å². The molecular weight excluding hydrogens is 352 g/mol. The lowest BCUT2D eigenvalue weighted by molar-refractivity contribution is -0.120. The van der Waals surface area contributed by atoms with E-state index in [1.165, 1.54) is 5.56 Å². The number of nitrogens with one attached hydrogen (secondary N) is 3. The molecule has 2 aromatic rings. The number of urea groups is 1. The van der Waals surface area contributed by atoms with Gasteiger partial charge < -0.3 is 16.0 Å². The molecule has 0 aromatic heterocycles. The van der Waals surface area contributed by atoms with Gasteiger partial charge in [0.2, 0.25) is 5.91 Å². The Kier molecular flexibility index (Phi) is 9.01. The third kappa shape index (κ3) is 7.04. The molecule has 0 fully saturated rings. The van der Waals surface area contributed by atoms with E-state index in [4.69, 9.17) is 0 Å². The highest BCUT2D eigenvalue weighted by molar-refractivity contribution is 5.83. The monoisotopic (exact) mass is 382 g/mol. The summed E-state index contributed by atoms with van der Waals surface area (Å²) in [6.45, 7) is 6.88. The molecule has 0 bridgehead atoms. The van der Waals surface area contributed by atoms with Gasteiger partial charge in [0, 0.05) is 13.1 Å². The SMILES string of the molecule is CCN(CC)C(CNC(=O)CNC(=O)NCc1ccccc1)c1ccccc1. The second-order valence-electron chi connectivity index (χ2n) is 6.47. The molecular formula is C22H30N4O2. The molecule has 150 valence electrons. The lowest BCUT2D eigenvalue weighted by atomic mass is 10.1.